The fraction of sp³-hybridized carbons (Fsp3) is 0.172. The normalized spacial score (nSPS) is 12.9. The number of nitrogens with zero attached hydrogens (tertiary/aromatic N) is 3. The summed E-state index contributed by atoms with van der Waals surface area (Å²) in [7, 11) is 1.69. The molecular formula is C29H25BrN4OS. The molecule has 0 saturated carbocycles. The van der Waals surface area contributed by atoms with E-state index in [9.17, 15) is 0 Å². The van der Waals surface area contributed by atoms with E-state index in [0.29, 0.717) is 5.11 Å². The highest BCUT2D eigenvalue weighted by molar-refractivity contribution is 9.10. The number of aromatic nitrogens is 3. The van der Waals surface area contributed by atoms with Gasteiger partial charge in [0, 0.05) is 21.3 Å². The molecule has 5 nitrogen and oxygen atoms in total. The monoisotopic (exact) mass is 556 g/mol. The van der Waals surface area contributed by atoms with E-state index in [4.69, 9.17) is 21.9 Å². The summed E-state index contributed by atoms with van der Waals surface area (Å²) in [4.78, 5) is 5.23. The van der Waals surface area contributed by atoms with Crippen molar-refractivity contribution in [1.29, 1.82) is 0 Å². The fourth-order valence-corrected chi connectivity index (χ4v) is 5.59. The van der Waals surface area contributed by atoms with Gasteiger partial charge in [-0.2, -0.15) is 0 Å². The first-order chi connectivity index (χ1) is 17.6. The maximum absolute atomic E-state index is 6.03. The van der Waals surface area contributed by atoms with E-state index in [2.05, 4.69) is 66.6 Å². The average molecular weight is 558 g/mol. The predicted molar refractivity (Wildman–Crippen MR) is 153 cm³/mol. The third-order valence-electron chi connectivity index (χ3n) is 6.71. The Morgan fingerprint density at radius 1 is 0.889 bits per heavy atom. The molecular weight excluding hydrogens is 532 g/mol. The Balaban J connectivity index is 1.60. The van der Waals surface area contributed by atoms with Crippen LogP contribution in [0.5, 0.6) is 5.75 Å². The Morgan fingerprint density at radius 2 is 1.56 bits per heavy atom. The largest absolute Gasteiger partial charge is 0.497 e. The van der Waals surface area contributed by atoms with Crippen LogP contribution in [0.25, 0.3) is 28.3 Å². The van der Waals surface area contributed by atoms with Gasteiger partial charge in [0.25, 0.3) is 0 Å². The number of aryl methyl sites for hydroxylation is 2. The van der Waals surface area contributed by atoms with Crippen molar-refractivity contribution in [3.05, 3.63) is 94.7 Å². The molecule has 0 spiro atoms. The molecule has 1 aliphatic heterocycles. The molecule has 0 bridgehead atoms. The predicted octanol–water partition coefficient (Wildman–Crippen LogP) is 7.36. The van der Waals surface area contributed by atoms with Crippen LogP contribution in [0.1, 0.15) is 24.2 Å². The van der Waals surface area contributed by atoms with Crippen LogP contribution in [0.2, 0.25) is 0 Å². The van der Waals surface area contributed by atoms with E-state index in [1.165, 1.54) is 11.4 Å². The van der Waals surface area contributed by atoms with E-state index in [1.54, 1.807) is 7.11 Å². The van der Waals surface area contributed by atoms with Crippen molar-refractivity contribution < 1.29 is 4.74 Å². The maximum Gasteiger partial charge on any atom is 0.222 e. The number of para-hydroxylation sites is 1. The topological polar surface area (TPSA) is 43.5 Å². The third-order valence-corrected chi connectivity index (χ3v) is 7.52. The van der Waals surface area contributed by atoms with Gasteiger partial charge in [0.05, 0.1) is 29.9 Å². The fourth-order valence-electron chi connectivity index (χ4n) is 5.03. The van der Waals surface area contributed by atoms with Gasteiger partial charge < -0.3 is 10.1 Å². The van der Waals surface area contributed by atoms with Gasteiger partial charge in [-0.1, -0.05) is 46.3 Å². The molecule has 180 valence electrons. The third kappa shape index (κ3) is 4.02. The SMILES string of the molecule is COc1ccc(-c2nc3n(C(=S)Nc4ccccc4)c(-c4ccc(Br)cc4)c4n3c2CCCC4)cc1. The van der Waals surface area contributed by atoms with Crippen LogP contribution < -0.4 is 10.1 Å². The van der Waals surface area contributed by atoms with Crippen LogP contribution >= 0.6 is 28.1 Å². The van der Waals surface area contributed by atoms with Crippen LogP contribution in [0.4, 0.5) is 5.69 Å². The molecule has 0 saturated heterocycles. The second kappa shape index (κ2) is 9.56. The Labute approximate surface area is 223 Å². The van der Waals surface area contributed by atoms with Gasteiger partial charge in [0.2, 0.25) is 5.78 Å². The van der Waals surface area contributed by atoms with E-state index >= 15 is 0 Å². The summed E-state index contributed by atoms with van der Waals surface area (Å²) in [6, 6.07) is 26.7. The number of imidazole rings is 2. The highest BCUT2D eigenvalue weighted by atomic mass is 79.9. The summed E-state index contributed by atoms with van der Waals surface area (Å²) < 4.78 is 10.9. The molecule has 7 heteroatoms. The first-order valence-corrected chi connectivity index (χ1v) is 13.3. The van der Waals surface area contributed by atoms with Crippen LogP contribution in [-0.2, 0) is 12.8 Å². The lowest BCUT2D eigenvalue weighted by Gasteiger charge is -2.14. The van der Waals surface area contributed by atoms with Gasteiger partial charge in [0.15, 0.2) is 5.11 Å². The zero-order chi connectivity index (χ0) is 24.6. The molecule has 3 heterocycles. The number of halogens is 1. The molecule has 5 aromatic rings. The molecule has 1 aliphatic rings. The Morgan fingerprint density at radius 3 is 2.25 bits per heavy atom. The molecule has 6 rings (SSSR count). The quantitative estimate of drug-likeness (QED) is 0.235. The Hall–Kier alpha value is -3.42. The van der Waals surface area contributed by atoms with Crippen molar-refractivity contribution in [1.82, 2.24) is 14.0 Å². The molecule has 2 aromatic heterocycles. The molecule has 36 heavy (non-hydrogen) atoms. The standard InChI is InChI=1S/C29H25BrN4OS/c1-35-23-17-13-19(14-18-23)26-24-9-5-6-10-25-27(20-11-15-21(30)16-12-20)34(28(32-26)33(24)25)29(36)31-22-7-3-2-4-8-22/h2-4,7-8,11-18H,5-6,9-10H2,1H3,(H,31,36). The Bertz CT molecular complexity index is 1550. The summed E-state index contributed by atoms with van der Waals surface area (Å²) in [5.74, 6) is 1.68. The van der Waals surface area contributed by atoms with Crippen molar-refractivity contribution >= 4 is 44.7 Å². The highest BCUT2D eigenvalue weighted by Gasteiger charge is 2.28. The molecule has 0 atom stereocenters. The van der Waals surface area contributed by atoms with Crippen molar-refractivity contribution in [3.63, 3.8) is 0 Å². The van der Waals surface area contributed by atoms with Gasteiger partial charge in [-0.3, -0.25) is 8.97 Å². The molecule has 1 N–H and O–H groups in total. The zero-order valence-electron chi connectivity index (χ0n) is 19.9. The van der Waals surface area contributed by atoms with Crippen LogP contribution in [0, 0.1) is 0 Å². The molecule has 0 unspecified atom stereocenters. The summed E-state index contributed by atoms with van der Waals surface area (Å²) in [5.41, 5.74) is 7.76. The zero-order valence-corrected chi connectivity index (χ0v) is 22.3. The number of thiocarbonyl (C=S) groups is 1. The lowest BCUT2D eigenvalue weighted by atomic mass is 10.1. The summed E-state index contributed by atoms with van der Waals surface area (Å²) >= 11 is 9.62. The van der Waals surface area contributed by atoms with Gasteiger partial charge in [0.1, 0.15) is 5.75 Å². The van der Waals surface area contributed by atoms with Crippen LogP contribution in [0.3, 0.4) is 0 Å². The number of hydrogen-bond donors (Lipinski definition) is 1. The Kier molecular flexibility index (Phi) is 6.11. The van der Waals surface area contributed by atoms with E-state index in [0.717, 1.165) is 69.9 Å². The van der Waals surface area contributed by atoms with Gasteiger partial charge >= 0.3 is 0 Å². The number of hydrogen-bond acceptors (Lipinski definition) is 3. The molecule has 0 fully saturated rings. The molecule has 0 amide bonds. The lowest BCUT2D eigenvalue weighted by molar-refractivity contribution is 0.415. The minimum Gasteiger partial charge on any atom is -0.497 e. The van der Waals surface area contributed by atoms with Crippen LogP contribution in [0.15, 0.2) is 83.3 Å². The minimum absolute atomic E-state index is 0.605. The summed E-state index contributed by atoms with van der Waals surface area (Å²) in [5, 5.41) is 4.05. The highest BCUT2D eigenvalue weighted by Crippen LogP contribution is 2.37. The average Bonchev–Trinajstić information content (AvgIpc) is 3.32. The lowest BCUT2D eigenvalue weighted by Crippen LogP contribution is -2.20. The van der Waals surface area contributed by atoms with Gasteiger partial charge in [-0.25, -0.2) is 4.98 Å². The number of nitrogens with one attached hydrogen (secondary N) is 1. The van der Waals surface area contributed by atoms with E-state index < -0.39 is 0 Å². The van der Waals surface area contributed by atoms with Gasteiger partial charge in [-0.15, -0.1) is 0 Å². The number of rotatable bonds is 4. The molecule has 0 radical (unpaired) electrons. The van der Waals surface area contributed by atoms with E-state index in [-0.39, 0.29) is 0 Å². The number of ether oxygens (including phenoxy) is 1. The number of benzene rings is 3. The second-order valence-electron chi connectivity index (χ2n) is 8.91. The van der Waals surface area contributed by atoms with Crippen molar-refractivity contribution in [2.45, 2.75) is 25.7 Å². The van der Waals surface area contributed by atoms with E-state index in [1.807, 2.05) is 42.5 Å². The smallest absolute Gasteiger partial charge is 0.222 e. The first-order valence-electron chi connectivity index (χ1n) is 12.1. The second-order valence-corrected chi connectivity index (χ2v) is 10.2. The summed E-state index contributed by atoms with van der Waals surface area (Å²) in [6.45, 7) is 0. The summed E-state index contributed by atoms with van der Waals surface area (Å²) in [6.07, 6.45) is 4.18. The minimum atomic E-state index is 0.605. The first kappa shape index (κ1) is 23.0. The number of methoxy groups -OCH3 is 1. The van der Waals surface area contributed by atoms with Crippen molar-refractivity contribution in [2.75, 3.05) is 12.4 Å². The maximum atomic E-state index is 6.03. The molecule has 0 aliphatic carbocycles. The molecule has 3 aromatic carbocycles. The van der Waals surface area contributed by atoms with Crippen molar-refractivity contribution in [2.24, 2.45) is 0 Å². The van der Waals surface area contributed by atoms with Crippen molar-refractivity contribution in [3.8, 4) is 28.3 Å². The van der Waals surface area contributed by atoms with Crippen LogP contribution in [-0.4, -0.2) is 26.2 Å². The number of anilines is 1. The van der Waals surface area contributed by atoms with Gasteiger partial charge in [-0.05, 0) is 86.4 Å².